The van der Waals surface area contributed by atoms with Crippen LogP contribution in [0, 0.1) is 0 Å². The maximum Gasteiger partial charge on any atom is 0.119 e. The molecule has 3 heteroatoms. The van der Waals surface area contributed by atoms with Gasteiger partial charge in [0.05, 0.1) is 11.0 Å². The van der Waals surface area contributed by atoms with Crippen LogP contribution in [0.4, 0.5) is 5.69 Å². The molecule has 1 heterocycles. The van der Waals surface area contributed by atoms with Crippen LogP contribution in [-0.4, -0.2) is 16.6 Å². The number of nitrogens with one attached hydrogen (secondary N) is 1. The Hall–Kier alpha value is -2.29. The normalized spacial score (nSPS) is 11.8. The minimum atomic E-state index is -0.173. The van der Waals surface area contributed by atoms with E-state index in [1.165, 1.54) is 11.1 Å². The maximum absolute atomic E-state index is 4.87. The minimum Gasteiger partial charge on any atom is -0.388 e. The number of rotatable bonds is 3. The lowest BCUT2D eigenvalue weighted by molar-refractivity contribution is 0.569. The standard InChI is InChI=1S/C18H21N3/c1-18(2,13-9-5-6-10-14(13)19-3)17-20-15-11-7-8-12-16(15)21(17)4/h5-12,19H,1-4H3. The molecule has 0 spiro atoms. The largest absolute Gasteiger partial charge is 0.388 e. The number of hydrogen-bond acceptors (Lipinski definition) is 2. The molecular weight excluding hydrogens is 258 g/mol. The Morgan fingerprint density at radius 3 is 2.38 bits per heavy atom. The number of anilines is 1. The lowest BCUT2D eigenvalue weighted by atomic mass is 9.82. The second-order valence-corrected chi connectivity index (χ2v) is 5.90. The van der Waals surface area contributed by atoms with Gasteiger partial charge in [-0.2, -0.15) is 0 Å². The molecule has 3 aromatic rings. The summed E-state index contributed by atoms with van der Waals surface area (Å²) < 4.78 is 2.20. The van der Waals surface area contributed by atoms with E-state index in [1.807, 2.05) is 13.1 Å². The van der Waals surface area contributed by atoms with Crippen LogP contribution < -0.4 is 5.32 Å². The average molecular weight is 279 g/mol. The highest BCUT2D eigenvalue weighted by Gasteiger charge is 2.30. The van der Waals surface area contributed by atoms with Gasteiger partial charge in [-0.25, -0.2) is 4.98 Å². The fourth-order valence-electron chi connectivity index (χ4n) is 3.07. The van der Waals surface area contributed by atoms with Crippen LogP contribution in [0.25, 0.3) is 11.0 Å². The van der Waals surface area contributed by atoms with E-state index in [4.69, 9.17) is 4.98 Å². The summed E-state index contributed by atoms with van der Waals surface area (Å²) in [7, 11) is 4.05. The summed E-state index contributed by atoms with van der Waals surface area (Å²) in [6, 6.07) is 16.7. The van der Waals surface area contributed by atoms with Crippen LogP contribution >= 0.6 is 0 Å². The lowest BCUT2D eigenvalue weighted by Gasteiger charge is -2.27. The van der Waals surface area contributed by atoms with Gasteiger partial charge in [-0.15, -0.1) is 0 Å². The summed E-state index contributed by atoms with van der Waals surface area (Å²) >= 11 is 0. The first kappa shape index (κ1) is 13.7. The Kier molecular flexibility index (Phi) is 3.20. The van der Waals surface area contributed by atoms with Gasteiger partial charge in [0.1, 0.15) is 5.82 Å². The number of nitrogens with zero attached hydrogens (tertiary/aromatic N) is 2. The molecule has 0 saturated heterocycles. The van der Waals surface area contributed by atoms with E-state index in [1.54, 1.807) is 0 Å². The third kappa shape index (κ3) is 2.09. The molecule has 0 radical (unpaired) electrons. The molecule has 0 saturated carbocycles. The molecule has 0 unspecified atom stereocenters. The molecule has 2 aromatic carbocycles. The van der Waals surface area contributed by atoms with Crippen molar-refractivity contribution in [3.05, 3.63) is 59.9 Å². The van der Waals surface area contributed by atoms with E-state index in [0.717, 1.165) is 17.0 Å². The summed E-state index contributed by atoms with van der Waals surface area (Å²) in [5.41, 5.74) is 4.45. The second kappa shape index (κ2) is 4.92. The average Bonchev–Trinajstić information content (AvgIpc) is 2.85. The van der Waals surface area contributed by atoms with Crippen LogP contribution in [0.5, 0.6) is 0 Å². The Morgan fingerprint density at radius 2 is 1.67 bits per heavy atom. The predicted molar refractivity (Wildman–Crippen MR) is 88.8 cm³/mol. The summed E-state index contributed by atoms with van der Waals surface area (Å²) in [5.74, 6) is 1.08. The zero-order valence-corrected chi connectivity index (χ0v) is 13.0. The number of para-hydroxylation sites is 3. The van der Waals surface area contributed by atoms with Gasteiger partial charge >= 0.3 is 0 Å². The quantitative estimate of drug-likeness (QED) is 0.787. The molecule has 0 amide bonds. The van der Waals surface area contributed by atoms with E-state index >= 15 is 0 Å². The van der Waals surface area contributed by atoms with Crippen molar-refractivity contribution in [1.29, 1.82) is 0 Å². The molecule has 0 bridgehead atoms. The van der Waals surface area contributed by atoms with Crippen molar-refractivity contribution in [2.24, 2.45) is 7.05 Å². The van der Waals surface area contributed by atoms with Crippen LogP contribution in [0.3, 0.4) is 0 Å². The van der Waals surface area contributed by atoms with Crippen LogP contribution in [0.2, 0.25) is 0 Å². The third-order valence-corrected chi connectivity index (χ3v) is 4.22. The van der Waals surface area contributed by atoms with Gasteiger partial charge in [0.2, 0.25) is 0 Å². The van der Waals surface area contributed by atoms with Crippen molar-refractivity contribution in [2.75, 3.05) is 12.4 Å². The van der Waals surface area contributed by atoms with E-state index in [9.17, 15) is 0 Å². The summed E-state index contributed by atoms with van der Waals surface area (Å²) in [6.07, 6.45) is 0. The highest BCUT2D eigenvalue weighted by Crippen LogP contribution is 2.36. The van der Waals surface area contributed by atoms with Crippen LogP contribution in [0.1, 0.15) is 25.2 Å². The van der Waals surface area contributed by atoms with Crippen LogP contribution in [-0.2, 0) is 12.5 Å². The number of imidazole rings is 1. The molecule has 0 aliphatic carbocycles. The van der Waals surface area contributed by atoms with E-state index in [-0.39, 0.29) is 5.41 Å². The Balaban J connectivity index is 2.22. The Bertz CT molecular complexity index is 784. The Labute approximate surface area is 125 Å². The Morgan fingerprint density at radius 1 is 1.00 bits per heavy atom. The first-order valence-electron chi connectivity index (χ1n) is 7.25. The van der Waals surface area contributed by atoms with Crippen molar-refractivity contribution >= 4 is 16.7 Å². The number of aromatic nitrogens is 2. The first-order valence-corrected chi connectivity index (χ1v) is 7.25. The topological polar surface area (TPSA) is 29.9 Å². The molecule has 108 valence electrons. The first-order chi connectivity index (χ1) is 10.1. The smallest absolute Gasteiger partial charge is 0.119 e. The second-order valence-electron chi connectivity index (χ2n) is 5.90. The van der Waals surface area contributed by atoms with Gasteiger partial charge in [-0.05, 0) is 37.6 Å². The van der Waals surface area contributed by atoms with Crippen molar-refractivity contribution in [1.82, 2.24) is 9.55 Å². The molecular formula is C18H21N3. The van der Waals surface area contributed by atoms with Crippen LogP contribution in [0.15, 0.2) is 48.5 Å². The molecule has 1 aromatic heterocycles. The molecule has 0 fully saturated rings. The van der Waals surface area contributed by atoms with E-state index in [2.05, 4.69) is 73.2 Å². The zero-order chi connectivity index (χ0) is 15.0. The van der Waals surface area contributed by atoms with Gasteiger partial charge in [0.25, 0.3) is 0 Å². The molecule has 0 atom stereocenters. The number of aryl methyl sites for hydroxylation is 1. The van der Waals surface area contributed by atoms with E-state index in [0.29, 0.717) is 0 Å². The van der Waals surface area contributed by atoms with Gasteiger partial charge in [-0.1, -0.05) is 30.3 Å². The summed E-state index contributed by atoms with van der Waals surface area (Å²) in [4.78, 5) is 4.87. The van der Waals surface area contributed by atoms with Gasteiger partial charge < -0.3 is 9.88 Å². The van der Waals surface area contributed by atoms with Gasteiger partial charge in [0.15, 0.2) is 0 Å². The van der Waals surface area contributed by atoms with Gasteiger partial charge in [-0.3, -0.25) is 0 Å². The highest BCUT2D eigenvalue weighted by molar-refractivity contribution is 5.76. The molecule has 0 aliphatic rings. The van der Waals surface area contributed by atoms with Crippen molar-refractivity contribution < 1.29 is 0 Å². The summed E-state index contributed by atoms with van der Waals surface area (Å²) in [6.45, 7) is 4.45. The van der Waals surface area contributed by atoms with E-state index < -0.39 is 0 Å². The fraction of sp³-hybridized carbons (Fsp3) is 0.278. The van der Waals surface area contributed by atoms with Crippen molar-refractivity contribution in [3.63, 3.8) is 0 Å². The van der Waals surface area contributed by atoms with Crippen molar-refractivity contribution in [2.45, 2.75) is 19.3 Å². The monoisotopic (exact) mass is 279 g/mol. The fourth-order valence-corrected chi connectivity index (χ4v) is 3.07. The highest BCUT2D eigenvalue weighted by atomic mass is 15.1. The number of benzene rings is 2. The summed E-state index contributed by atoms with van der Waals surface area (Å²) in [5, 5.41) is 3.29. The molecule has 3 rings (SSSR count). The molecule has 3 nitrogen and oxygen atoms in total. The van der Waals surface area contributed by atoms with Crippen molar-refractivity contribution in [3.8, 4) is 0 Å². The molecule has 21 heavy (non-hydrogen) atoms. The SMILES string of the molecule is CNc1ccccc1C(C)(C)c1nc2ccccc2n1C. The third-order valence-electron chi connectivity index (χ3n) is 4.22. The number of hydrogen-bond donors (Lipinski definition) is 1. The number of fused-ring (bicyclic) bond motifs is 1. The lowest BCUT2D eigenvalue weighted by Crippen LogP contribution is -2.24. The zero-order valence-electron chi connectivity index (χ0n) is 13.0. The van der Waals surface area contributed by atoms with Gasteiger partial charge in [0, 0.05) is 25.2 Å². The maximum atomic E-state index is 4.87. The minimum absolute atomic E-state index is 0.173. The molecule has 0 aliphatic heterocycles. The predicted octanol–water partition coefficient (Wildman–Crippen LogP) is 3.94. The molecule has 1 N–H and O–H groups in total.